The third-order valence-electron chi connectivity index (χ3n) is 5.32. The van der Waals surface area contributed by atoms with Gasteiger partial charge in [-0.05, 0) is 54.8 Å². The van der Waals surface area contributed by atoms with Crippen LogP contribution in [0.3, 0.4) is 0 Å². The van der Waals surface area contributed by atoms with Gasteiger partial charge in [0.05, 0.1) is 13.2 Å². The van der Waals surface area contributed by atoms with Gasteiger partial charge in [0.2, 0.25) is 0 Å². The monoisotopic (exact) mass is 341 g/mol. The predicted molar refractivity (Wildman–Crippen MR) is 95.8 cm³/mol. The van der Waals surface area contributed by atoms with E-state index in [1.165, 1.54) is 0 Å². The SMILES string of the molecule is COc1ccc(N2[C@H]3CC[C@H](C(=O)C3)[C@H]2c2ccc(Cl)cc2)cc1. The maximum atomic E-state index is 12.5. The fourth-order valence-electron chi connectivity index (χ4n) is 4.19. The molecule has 0 unspecified atom stereocenters. The van der Waals surface area contributed by atoms with Crippen LogP contribution in [-0.2, 0) is 4.79 Å². The van der Waals surface area contributed by atoms with E-state index in [1.807, 2.05) is 24.3 Å². The number of hydrogen-bond donors (Lipinski definition) is 0. The molecule has 2 aromatic carbocycles. The summed E-state index contributed by atoms with van der Waals surface area (Å²) in [6.07, 6.45) is 2.71. The molecule has 2 aromatic rings. The van der Waals surface area contributed by atoms with Crippen LogP contribution in [0.15, 0.2) is 48.5 Å². The Bertz CT molecular complexity index is 741. The van der Waals surface area contributed by atoms with Gasteiger partial charge in [-0.15, -0.1) is 0 Å². The van der Waals surface area contributed by atoms with Gasteiger partial charge < -0.3 is 9.64 Å². The summed E-state index contributed by atoms with van der Waals surface area (Å²) in [5, 5.41) is 0.724. The number of rotatable bonds is 3. The van der Waals surface area contributed by atoms with Crippen molar-refractivity contribution in [2.75, 3.05) is 12.0 Å². The van der Waals surface area contributed by atoms with Crippen molar-refractivity contribution in [1.82, 2.24) is 0 Å². The molecule has 1 saturated carbocycles. The number of benzene rings is 2. The first-order valence-corrected chi connectivity index (χ1v) is 8.76. The zero-order valence-electron chi connectivity index (χ0n) is 13.6. The molecule has 0 spiro atoms. The van der Waals surface area contributed by atoms with E-state index in [2.05, 4.69) is 29.2 Å². The minimum atomic E-state index is 0.0678. The molecular formula is C20H20ClNO2. The van der Waals surface area contributed by atoms with Gasteiger partial charge in [0.25, 0.3) is 0 Å². The number of fused-ring (bicyclic) bond motifs is 3. The minimum absolute atomic E-state index is 0.0678. The number of nitrogens with zero attached hydrogens (tertiary/aromatic N) is 1. The van der Waals surface area contributed by atoms with Crippen molar-refractivity contribution in [2.45, 2.75) is 31.3 Å². The largest absolute Gasteiger partial charge is 0.497 e. The predicted octanol–water partition coefficient (Wildman–Crippen LogP) is 4.65. The lowest BCUT2D eigenvalue weighted by molar-refractivity contribution is -0.128. The molecule has 2 bridgehead atoms. The fraction of sp³-hybridized carbons (Fsp3) is 0.350. The van der Waals surface area contributed by atoms with Crippen LogP contribution in [0.25, 0.3) is 0 Å². The molecule has 2 aliphatic heterocycles. The minimum Gasteiger partial charge on any atom is -0.497 e. The van der Waals surface area contributed by atoms with Crippen molar-refractivity contribution in [3.8, 4) is 5.75 Å². The third kappa shape index (κ3) is 2.57. The number of ketones is 1. The Morgan fingerprint density at radius 3 is 2.38 bits per heavy atom. The molecule has 0 radical (unpaired) electrons. The van der Waals surface area contributed by atoms with E-state index in [0.29, 0.717) is 12.2 Å². The first-order chi connectivity index (χ1) is 11.7. The van der Waals surface area contributed by atoms with Gasteiger partial charge in [-0.25, -0.2) is 0 Å². The van der Waals surface area contributed by atoms with Crippen LogP contribution >= 0.6 is 11.6 Å². The highest BCUT2D eigenvalue weighted by molar-refractivity contribution is 6.30. The maximum absolute atomic E-state index is 12.5. The van der Waals surface area contributed by atoms with E-state index < -0.39 is 0 Å². The van der Waals surface area contributed by atoms with Gasteiger partial charge in [0.15, 0.2) is 0 Å². The highest BCUT2D eigenvalue weighted by Crippen LogP contribution is 2.48. The van der Waals surface area contributed by atoms with E-state index in [0.717, 1.165) is 34.9 Å². The number of halogens is 1. The average molecular weight is 342 g/mol. The van der Waals surface area contributed by atoms with Crippen molar-refractivity contribution in [1.29, 1.82) is 0 Å². The van der Waals surface area contributed by atoms with Gasteiger partial charge in [0.1, 0.15) is 11.5 Å². The van der Waals surface area contributed by atoms with Crippen LogP contribution in [0.1, 0.15) is 30.9 Å². The summed E-state index contributed by atoms with van der Waals surface area (Å²) in [5.74, 6) is 1.31. The summed E-state index contributed by atoms with van der Waals surface area (Å²) in [4.78, 5) is 14.9. The second-order valence-electron chi connectivity index (χ2n) is 6.61. The summed E-state index contributed by atoms with van der Waals surface area (Å²) in [5.41, 5.74) is 2.32. The molecule has 4 heteroatoms. The molecule has 0 amide bonds. The number of Topliss-reactive ketones (excluding diaryl/α,β-unsaturated/α-hetero) is 1. The molecule has 2 saturated heterocycles. The zero-order valence-corrected chi connectivity index (χ0v) is 14.4. The number of carbonyl (C=O) groups is 1. The lowest BCUT2D eigenvalue weighted by Gasteiger charge is -2.52. The van der Waals surface area contributed by atoms with E-state index in [-0.39, 0.29) is 18.0 Å². The van der Waals surface area contributed by atoms with Gasteiger partial charge >= 0.3 is 0 Å². The Kier molecular flexibility index (Phi) is 3.97. The smallest absolute Gasteiger partial charge is 0.140 e. The van der Waals surface area contributed by atoms with Crippen molar-refractivity contribution >= 4 is 23.1 Å². The normalized spacial score (nSPS) is 25.8. The second-order valence-corrected chi connectivity index (χ2v) is 7.05. The van der Waals surface area contributed by atoms with E-state index in [1.54, 1.807) is 7.11 Å². The van der Waals surface area contributed by atoms with Crippen LogP contribution in [0, 0.1) is 5.92 Å². The van der Waals surface area contributed by atoms with Crippen LogP contribution in [0.5, 0.6) is 5.75 Å². The number of methoxy groups -OCH3 is 1. The molecule has 5 rings (SSSR count). The Balaban J connectivity index is 1.76. The molecule has 1 aliphatic carbocycles. The first kappa shape index (κ1) is 15.5. The van der Waals surface area contributed by atoms with E-state index in [9.17, 15) is 4.79 Å². The zero-order chi connectivity index (χ0) is 16.7. The lowest BCUT2D eigenvalue weighted by Crippen LogP contribution is -2.54. The first-order valence-electron chi connectivity index (χ1n) is 8.38. The quantitative estimate of drug-likeness (QED) is 0.814. The summed E-state index contributed by atoms with van der Waals surface area (Å²) in [6, 6.07) is 16.4. The summed E-state index contributed by atoms with van der Waals surface area (Å²) in [6.45, 7) is 0. The number of carbonyl (C=O) groups excluding carboxylic acids is 1. The van der Waals surface area contributed by atoms with Crippen LogP contribution < -0.4 is 9.64 Å². The summed E-state index contributed by atoms with van der Waals surface area (Å²) >= 11 is 6.05. The Labute approximate surface area is 147 Å². The second kappa shape index (κ2) is 6.14. The van der Waals surface area contributed by atoms with Crippen molar-refractivity contribution in [2.24, 2.45) is 5.92 Å². The fourth-order valence-corrected chi connectivity index (χ4v) is 4.32. The summed E-state index contributed by atoms with van der Waals surface area (Å²) in [7, 11) is 1.67. The Morgan fingerprint density at radius 2 is 1.75 bits per heavy atom. The summed E-state index contributed by atoms with van der Waals surface area (Å²) < 4.78 is 5.27. The molecule has 0 N–H and O–H groups in total. The van der Waals surface area contributed by atoms with Crippen LogP contribution in [-0.4, -0.2) is 18.9 Å². The number of ether oxygens (including phenoxy) is 1. The van der Waals surface area contributed by atoms with Crippen molar-refractivity contribution in [3.05, 3.63) is 59.1 Å². The van der Waals surface area contributed by atoms with Crippen LogP contribution in [0.2, 0.25) is 5.02 Å². The molecular weight excluding hydrogens is 322 g/mol. The van der Waals surface area contributed by atoms with Gasteiger partial charge in [0, 0.05) is 29.1 Å². The molecule has 3 nitrogen and oxygen atoms in total. The molecule has 2 heterocycles. The van der Waals surface area contributed by atoms with E-state index in [4.69, 9.17) is 16.3 Å². The Hall–Kier alpha value is -2.00. The van der Waals surface area contributed by atoms with Gasteiger partial charge in [-0.1, -0.05) is 23.7 Å². The van der Waals surface area contributed by atoms with E-state index >= 15 is 0 Å². The topological polar surface area (TPSA) is 29.5 Å². The molecule has 0 aromatic heterocycles. The van der Waals surface area contributed by atoms with Gasteiger partial charge in [-0.3, -0.25) is 4.79 Å². The lowest BCUT2D eigenvalue weighted by atomic mass is 9.71. The third-order valence-corrected chi connectivity index (χ3v) is 5.57. The number of piperidine rings is 2. The molecule has 24 heavy (non-hydrogen) atoms. The molecule has 3 fully saturated rings. The van der Waals surface area contributed by atoms with Crippen LogP contribution in [0.4, 0.5) is 5.69 Å². The number of anilines is 1. The Morgan fingerprint density at radius 1 is 1.04 bits per heavy atom. The molecule has 3 aliphatic rings. The maximum Gasteiger partial charge on any atom is 0.140 e. The molecule has 3 atom stereocenters. The highest BCUT2D eigenvalue weighted by Gasteiger charge is 2.47. The van der Waals surface area contributed by atoms with Crippen molar-refractivity contribution < 1.29 is 9.53 Å². The standard InChI is InChI=1S/C20H20ClNO2/c1-24-17-9-6-15(7-10-17)22-16-8-11-18(19(23)12-16)20(22)13-2-4-14(21)5-3-13/h2-7,9-10,16,18,20H,8,11-12H2,1H3/t16-,18+,20+/m0/s1. The number of hydrogen-bond acceptors (Lipinski definition) is 3. The highest BCUT2D eigenvalue weighted by atomic mass is 35.5. The average Bonchev–Trinajstić information content (AvgIpc) is 2.62. The van der Waals surface area contributed by atoms with Gasteiger partial charge in [-0.2, -0.15) is 0 Å². The molecule has 124 valence electrons. The van der Waals surface area contributed by atoms with Crippen molar-refractivity contribution in [3.63, 3.8) is 0 Å².